The van der Waals surface area contributed by atoms with Gasteiger partial charge in [-0.05, 0) is 0 Å². The molecule has 0 bridgehead atoms. The quantitative estimate of drug-likeness (QED) is 0.633. The fourth-order valence-corrected chi connectivity index (χ4v) is 2.12. The zero-order valence-electron chi connectivity index (χ0n) is 8.50. The smallest absolute Gasteiger partial charge is 0.326 e. The van der Waals surface area contributed by atoms with Crippen LogP contribution in [0.5, 0.6) is 0 Å². The molecule has 0 aromatic rings. The second-order valence-corrected chi connectivity index (χ2v) is 4.43. The molecule has 1 rings (SSSR count). The van der Waals surface area contributed by atoms with Gasteiger partial charge in [0, 0.05) is 13.0 Å². The van der Waals surface area contributed by atoms with E-state index in [9.17, 15) is 14.7 Å². The SMILES string of the molecule is N#CCSCC(=O)N1C[C@H](O)C[C@@H]1C(=O)O. The number of carboxylic acid groups (broad SMARTS) is 1. The van der Waals surface area contributed by atoms with Crippen LogP contribution in [-0.2, 0) is 9.59 Å². The van der Waals surface area contributed by atoms with Crippen molar-refractivity contribution in [3.05, 3.63) is 0 Å². The maximum atomic E-state index is 11.6. The van der Waals surface area contributed by atoms with Gasteiger partial charge in [-0.1, -0.05) is 0 Å². The first kappa shape index (κ1) is 12.8. The van der Waals surface area contributed by atoms with Gasteiger partial charge in [-0.25, -0.2) is 4.79 Å². The van der Waals surface area contributed by atoms with E-state index in [1.54, 1.807) is 0 Å². The molecule has 2 atom stereocenters. The van der Waals surface area contributed by atoms with E-state index in [1.165, 1.54) is 0 Å². The molecule has 88 valence electrons. The fourth-order valence-electron chi connectivity index (χ4n) is 1.59. The minimum atomic E-state index is -1.10. The van der Waals surface area contributed by atoms with Crippen LogP contribution in [0, 0.1) is 11.3 Å². The van der Waals surface area contributed by atoms with Gasteiger partial charge < -0.3 is 15.1 Å². The van der Waals surface area contributed by atoms with Crippen molar-refractivity contribution in [2.24, 2.45) is 0 Å². The third kappa shape index (κ3) is 3.12. The molecule has 1 aliphatic rings. The van der Waals surface area contributed by atoms with Crippen LogP contribution in [0.4, 0.5) is 0 Å². The largest absolute Gasteiger partial charge is 0.480 e. The summed E-state index contributed by atoms with van der Waals surface area (Å²) in [5.41, 5.74) is 0. The van der Waals surface area contributed by atoms with Crippen molar-refractivity contribution in [1.82, 2.24) is 4.90 Å². The van der Waals surface area contributed by atoms with Crippen LogP contribution in [0.2, 0.25) is 0 Å². The van der Waals surface area contributed by atoms with Gasteiger partial charge in [0.2, 0.25) is 5.91 Å². The van der Waals surface area contributed by atoms with Gasteiger partial charge in [-0.15, -0.1) is 11.8 Å². The molecule has 6 nitrogen and oxygen atoms in total. The average molecular weight is 244 g/mol. The highest BCUT2D eigenvalue weighted by molar-refractivity contribution is 8.00. The minimum Gasteiger partial charge on any atom is -0.480 e. The Morgan fingerprint density at radius 3 is 2.81 bits per heavy atom. The topological polar surface area (TPSA) is 102 Å². The van der Waals surface area contributed by atoms with Gasteiger partial charge in [0.25, 0.3) is 0 Å². The summed E-state index contributed by atoms with van der Waals surface area (Å²) in [7, 11) is 0. The Morgan fingerprint density at radius 2 is 2.25 bits per heavy atom. The number of carbonyl (C=O) groups excluding carboxylic acids is 1. The molecule has 0 aliphatic carbocycles. The third-order valence-electron chi connectivity index (χ3n) is 2.28. The maximum absolute atomic E-state index is 11.6. The molecule has 0 spiro atoms. The van der Waals surface area contributed by atoms with E-state index in [0.717, 1.165) is 16.7 Å². The summed E-state index contributed by atoms with van der Waals surface area (Å²) in [5, 5.41) is 26.5. The van der Waals surface area contributed by atoms with E-state index in [-0.39, 0.29) is 30.4 Å². The molecule has 1 fully saturated rings. The Kier molecular flexibility index (Phi) is 4.58. The number of carbonyl (C=O) groups is 2. The standard InChI is InChI=1S/C9H12N2O4S/c10-1-2-16-5-8(13)11-4-6(12)3-7(11)9(14)15/h6-7,12H,2-5H2,(H,14,15)/t6-,7-/m1/s1. The number of hydrogen-bond donors (Lipinski definition) is 2. The Labute approximate surface area is 96.8 Å². The maximum Gasteiger partial charge on any atom is 0.326 e. The molecule has 0 aromatic heterocycles. The van der Waals surface area contributed by atoms with Crippen LogP contribution in [-0.4, -0.2) is 57.2 Å². The second-order valence-electron chi connectivity index (χ2n) is 3.44. The minimum absolute atomic E-state index is 0.0584. The van der Waals surface area contributed by atoms with E-state index >= 15 is 0 Å². The van der Waals surface area contributed by atoms with Crippen LogP contribution in [0.25, 0.3) is 0 Å². The summed E-state index contributed by atoms with van der Waals surface area (Å²) in [5.74, 6) is -1.18. The lowest BCUT2D eigenvalue weighted by Crippen LogP contribution is -2.41. The Balaban J connectivity index is 2.54. The monoisotopic (exact) mass is 244 g/mol. The van der Waals surface area contributed by atoms with Crippen LogP contribution >= 0.6 is 11.8 Å². The number of nitrogens with zero attached hydrogens (tertiary/aromatic N) is 2. The number of carboxylic acids is 1. The molecular formula is C9H12N2O4S. The lowest BCUT2D eigenvalue weighted by atomic mass is 10.2. The molecule has 7 heteroatoms. The van der Waals surface area contributed by atoms with Gasteiger partial charge in [0.1, 0.15) is 6.04 Å². The van der Waals surface area contributed by atoms with Gasteiger partial charge in [0.05, 0.1) is 23.7 Å². The van der Waals surface area contributed by atoms with E-state index in [4.69, 9.17) is 10.4 Å². The molecular weight excluding hydrogens is 232 g/mol. The van der Waals surface area contributed by atoms with Crippen molar-refractivity contribution in [3.63, 3.8) is 0 Å². The summed E-state index contributed by atoms with van der Waals surface area (Å²) in [6.07, 6.45) is -0.699. The summed E-state index contributed by atoms with van der Waals surface area (Å²) in [6.45, 7) is 0.0584. The van der Waals surface area contributed by atoms with Crippen molar-refractivity contribution in [2.45, 2.75) is 18.6 Å². The molecule has 0 unspecified atom stereocenters. The summed E-state index contributed by atoms with van der Waals surface area (Å²) < 4.78 is 0. The van der Waals surface area contributed by atoms with Crippen LogP contribution in [0.15, 0.2) is 0 Å². The van der Waals surface area contributed by atoms with Crippen LogP contribution in [0.1, 0.15) is 6.42 Å². The normalized spacial score (nSPS) is 24.1. The zero-order valence-corrected chi connectivity index (χ0v) is 9.31. The number of rotatable bonds is 4. The molecule has 16 heavy (non-hydrogen) atoms. The fraction of sp³-hybridized carbons (Fsp3) is 0.667. The van der Waals surface area contributed by atoms with E-state index in [1.807, 2.05) is 6.07 Å². The number of amides is 1. The van der Waals surface area contributed by atoms with Gasteiger partial charge in [-0.3, -0.25) is 4.79 Å². The van der Waals surface area contributed by atoms with Crippen molar-refractivity contribution in [1.29, 1.82) is 5.26 Å². The van der Waals surface area contributed by atoms with Crippen molar-refractivity contribution in [3.8, 4) is 6.07 Å². The average Bonchev–Trinajstić information content (AvgIpc) is 2.61. The number of β-amino-alcohol motifs (C(OH)–C–C–N with tert-alkyl or cyclic N) is 1. The summed E-state index contributed by atoms with van der Waals surface area (Å²) in [4.78, 5) is 23.6. The number of aliphatic hydroxyl groups is 1. The predicted molar refractivity (Wildman–Crippen MR) is 56.7 cm³/mol. The van der Waals surface area contributed by atoms with Crippen LogP contribution in [0.3, 0.4) is 0 Å². The molecule has 0 aromatic carbocycles. The Hall–Kier alpha value is -1.26. The molecule has 1 heterocycles. The third-order valence-corrected chi connectivity index (χ3v) is 3.06. The van der Waals surface area contributed by atoms with E-state index in [0.29, 0.717) is 0 Å². The van der Waals surface area contributed by atoms with Crippen molar-refractivity contribution >= 4 is 23.6 Å². The first-order valence-corrected chi connectivity index (χ1v) is 5.86. The Bertz CT molecular complexity index is 328. The first-order chi connectivity index (χ1) is 7.56. The van der Waals surface area contributed by atoms with Gasteiger partial charge in [-0.2, -0.15) is 5.26 Å². The second kappa shape index (κ2) is 5.72. The molecule has 1 saturated heterocycles. The summed E-state index contributed by atoms with van der Waals surface area (Å²) in [6, 6.07) is 0.943. The number of aliphatic hydroxyl groups excluding tert-OH is 1. The number of likely N-dealkylation sites (tertiary alicyclic amines) is 1. The van der Waals surface area contributed by atoms with Crippen molar-refractivity contribution < 1.29 is 19.8 Å². The lowest BCUT2D eigenvalue weighted by Gasteiger charge is -2.20. The predicted octanol–water partition coefficient (Wildman–Crippen LogP) is -0.710. The molecule has 1 amide bonds. The zero-order chi connectivity index (χ0) is 12.1. The van der Waals surface area contributed by atoms with Gasteiger partial charge >= 0.3 is 5.97 Å². The molecule has 2 N–H and O–H groups in total. The first-order valence-electron chi connectivity index (χ1n) is 4.71. The molecule has 0 radical (unpaired) electrons. The van der Waals surface area contributed by atoms with E-state index in [2.05, 4.69) is 0 Å². The lowest BCUT2D eigenvalue weighted by molar-refractivity contribution is -0.147. The Morgan fingerprint density at radius 1 is 1.56 bits per heavy atom. The number of aliphatic carboxylic acids is 1. The molecule has 1 aliphatic heterocycles. The highest BCUT2D eigenvalue weighted by Gasteiger charge is 2.38. The van der Waals surface area contributed by atoms with Gasteiger partial charge in [0.15, 0.2) is 0 Å². The molecule has 0 saturated carbocycles. The number of hydrogen-bond acceptors (Lipinski definition) is 5. The van der Waals surface area contributed by atoms with Crippen molar-refractivity contribution in [2.75, 3.05) is 18.1 Å². The number of nitriles is 1. The highest BCUT2D eigenvalue weighted by atomic mass is 32.2. The van der Waals surface area contributed by atoms with Crippen LogP contribution < -0.4 is 0 Å². The summed E-state index contributed by atoms with van der Waals surface area (Å²) >= 11 is 1.14. The number of thioether (sulfide) groups is 1. The highest BCUT2D eigenvalue weighted by Crippen LogP contribution is 2.19. The van der Waals surface area contributed by atoms with E-state index < -0.39 is 18.1 Å².